The Morgan fingerprint density at radius 3 is 2.20 bits per heavy atom. The summed E-state index contributed by atoms with van der Waals surface area (Å²) in [6.45, 7) is 2.62. The average Bonchev–Trinajstić information content (AvgIpc) is 2.40. The predicted octanol–water partition coefficient (Wildman–Crippen LogP) is 3.57. The van der Waals surface area contributed by atoms with Crippen molar-refractivity contribution in [1.82, 2.24) is 10.2 Å². The summed E-state index contributed by atoms with van der Waals surface area (Å²) in [5.41, 5.74) is 0. The van der Waals surface area contributed by atoms with E-state index in [0.29, 0.717) is 25.2 Å². The van der Waals surface area contributed by atoms with E-state index in [1.54, 1.807) is 0 Å². The van der Waals surface area contributed by atoms with E-state index in [1.807, 2.05) is 0 Å². The summed E-state index contributed by atoms with van der Waals surface area (Å²) >= 11 is 0. The molecule has 0 aromatic heterocycles. The predicted molar refractivity (Wildman–Crippen MR) is 74.7 cm³/mol. The lowest BCUT2D eigenvalue weighted by Gasteiger charge is -2.36. The molecule has 1 atom stereocenters. The quantitative estimate of drug-likeness (QED) is 0.852. The highest BCUT2D eigenvalue weighted by atomic mass is 19.4. The first kappa shape index (κ1) is 16.1. The van der Waals surface area contributed by atoms with Gasteiger partial charge in [0.15, 0.2) is 0 Å². The molecular weight excluding hydrogens is 265 g/mol. The van der Waals surface area contributed by atoms with Gasteiger partial charge in [0, 0.05) is 12.1 Å². The molecule has 20 heavy (non-hydrogen) atoms. The Hall–Kier alpha value is -0.290. The van der Waals surface area contributed by atoms with Crippen LogP contribution in [0.25, 0.3) is 0 Å². The van der Waals surface area contributed by atoms with Gasteiger partial charge in [-0.15, -0.1) is 0 Å². The third kappa shape index (κ3) is 5.24. The van der Waals surface area contributed by atoms with E-state index in [4.69, 9.17) is 0 Å². The summed E-state index contributed by atoms with van der Waals surface area (Å²) in [7, 11) is 0. The molecule has 1 heterocycles. The second-order valence-electron chi connectivity index (χ2n) is 6.52. The van der Waals surface area contributed by atoms with Crippen LogP contribution in [0.4, 0.5) is 13.2 Å². The van der Waals surface area contributed by atoms with E-state index < -0.39 is 12.7 Å². The highest BCUT2D eigenvalue weighted by molar-refractivity contribution is 4.83. The van der Waals surface area contributed by atoms with Crippen molar-refractivity contribution in [2.24, 2.45) is 5.92 Å². The van der Waals surface area contributed by atoms with Gasteiger partial charge in [-0.05, 0) is 51.6 Å². The molecule has 1 N–H and O–H groups in total. The lowest BCUT2D eigenvalue weighted by molar-refractivity contribution is -0.148. The molecule has 118 valence electrons. The second kappa shape index (κ2) is 7.12. The van der Waals surface area contributed by atoms with E-state index in [-0.39, 0.29) is 0 Å². The third-order valence-corrected chi connectivity index (χ3v) is 4.85. The first-order valence-corrected chi connectivity index (χ1v) is 7.99. The number of rotatable bonds is 4. The Balaban J connectivity index is 1.68. The normalized spacial score (nSPS) is 25.8. The minimum absolute atomic E-state index is 0.399. The number of nitrogens with zero attached hydrogens (tertiary/aromatic N) is 1. The van der Waals surface area contributed by atoms with Crippen LogP contribution in [0.2, 0.25) is 0 Å². The molecule has 2 aliphatic rings. The summed E-state index contributed by atoms with van der Waals surface area (Å²) in [6, 6.07) is 0.908. The van der Waals surface area contributed by atoms with E-state index >= 15 is 0 Å². The van der Waals surface area contributed by atoms with Gasteiger partial charge in [-0.1, -0.05) is 19.3 Å². The van der Waals surface area contributed by atoms with Crippen molar-refractivity contribution in [2.75, 3.05) is 19.6 Å². The summed E-state index contributed by atoms with van der Waals surface area (Å²) in [4.78, 5) is 1.53. The van der Waals surface area contributed by atoms with E-state index in [0.717, 1.165) is 18.8 Å². The lowest BCUT2D eigenvalue weighted by Crippen LogP contribution is -2.49. The molecule has 1 aliphatic heterocycles. The number of likely N-dealkylation sites (tertiary alicyclic amines) is 1. The number of alkyl halides is 3. The van der Waals surface area contributed by atoms with Crippen LogP contribution in [0.15, 0.2) is 0 Å². The molecule has 1 aliphatic carbocycles. The van der Waals surface area contributed by atoms with Crippen molar-refractivity contribution in [3.63, 3.8) is 0 Å². The molecule has 0 unspecified atom stereocenters. The van der Waals surface area contributed by atoms with Gasteiger partial charge in [-0.3, -0.25) is 4.90 Å². The fourth-order valence-corrected chi connectivity index (χ4v) is 3.65. The Morgan fingerprint density at radius 1 is 1.05 bits per heavy atom. The van der Waals surface area contributed by atoms with Crippen molar-refractivity contribution in [1.29, 1.82) is 0 Å². The van der Waals surface area contributed by atoms with Crippen molar-refractivity contribution >= 4 is 0 Å². The lowest BCUT2D eigenvalue weighted by atomic mass is 9.84. The number of nitrogens with one attached hydrogen (secondary N) is 1. The minimum Gasteiger partial charge on any atom is -0.311 e. The first-order valence-electron chi connectivity index (χ1n) is 7.99. The SMILES string of the molecule is C[C@@H](NC1CCN(CC(F)(F)F)CC1)C1CCCCC1. The molecule has 2 rings (SSSR count). The highest BCUT2D eigenvalue weighted by Crippen LogP contribution is 2.27. The van der Waals surface area contributed by atoms with E-state index in [9.17, 15) is 13.2 Å². The summed E-state index contributed by atoms with van der Waals surface area (Å²) in [5, 5.41) is 3.66. The molecule has 5 heteroatoms. The number of halogens is 3. The van der Waals surface area contributed by atoms with E-state index in [1.165, 1.54) is 37.0 Å². The van der Waals surface area contributed by atoms with Gasteiger partial charge in [0.25, 0.3) is 0 Å². The Labute approximate surface area is 120 Å². The highest BCUT2D eigenvalue weighted by Gasteiger charge is 2.33. The molecule has 0 aromatic rings. The molecule has 0 radical (unpaired) electrons. The molecule has 0 amide bonds. The Kier molecular flexibility index (Phi) is 5.73. The molecule has 0 aromatic carbocycles. The fraction of sp³-hybridized carbons (Fsp3) is 1.00. The first-order chi connectivity index (χ1) is 9.44. The van der Waals surface area contributed by atoms with Crippen molar-refractivity contribution in [3.05, 3.63) is 0 Å². The van der Waals surface area contributed by atoms with Gasteiger partial charge < -0.3 is 5.32 Å². The monoisotopic (exact) mass is 292 g/mol. The Morgan fingerprint density at radius 2 is 1.65 bits per heavy atom. The summed E-state index contributed by atoms with van der Waals surface area (Å²) in [5.74, 6) is 0.761. The maximum Gasteiger partial charge on any atom is 0.401 e. The summed E-state index contributed by atoms with van der Waals surface area (Å²) in [6.07, 6.45) is 4.26. The standard InChI is InChI=1S/C15H27F3N2/c1-12(13-5-3-2-4-6-13)19-14-7-9-20(10-8-14)11-15(16,17)18/h12-14,19H,2-11H2,1H3/t12-/m1/s1. The zero-order valence-corrected chi connectivity index (χ0v) is 12.4. The number of hydrogen-bond acceptors (Lipinski definition) is 2. The van der Waals surface area contributed by atoms with Crippen LogP contribution in [-0.4, -0.2) is 42.8 Å². The largest absolute Gasteiger partial charge is 0.401 e. The van der Waals surface area contributed by atoms with Gasteiger partial charge in [-0.2, -0.15) is 13.2 Å². The third-order valence-electron chi connectivity index (χ3n) is 4.85. The molecule has 1 saturated heterocycles. The van der Waals surface area contributed by atoms with Crippen LogP contribution in [0, 0.1) is 5.92 Å². The molecule has 2 fully saturated rings. The fourth-order valence-electron chi connectivity index (χ4n) is 3.65. The van der Waals surface area contributed by atoms with Crippen molar-refractivity contribution in [3.8, 4) is 0 Å². The van der Waals surface area contributed by atoms with Gasteiger partial charge in [-0.25, -0.2) is 0 Å². The minimum atomic E-state index is -4.06. The molecule has 0 bridgehead atoms. The van der Waals surface area contributed by atoms with Crippen LogP contribution < -0.4 is 5.32 Å². The zero-order chi connectivity index (χ0) is 14.6. The molecule has 1 saturated carbocycles. The van der Waals surface area contributed by atoms with Gasteiger partial charge in [0.2, 0.25) is 0 Å². The van der Waals surface area contributed by atoms with Crippen LogP contribution >= 0.6 is 0 Å². The van der Waals surface area contributed by atoms with Crippen molar-refractivity contribution < 1.29 is 13.2 Å². The average molecular weight is 292 g/mol. The molecule has 2 nitrogen and oxygen atoms in total. The van der Waals surface area contributed by atoms with Gasteiger partial charge in [0.1, 0.15) is 0 Å². The molecular formula is C15H27F3N2. The Bertz CT molecular complexity index is 279. The van der Waals surface area contributed by atoms with Gasteiger partial charge >= 0.3 is 6.18 Å². The number of hydrogen-bond donors (Lipinski definition) is 1. The van der Waals surface area contributed by atoms with E-state index in [2.05, 4.69) is 12.2 Å². The zero-order valence-electron chi connectivity index (χ0n) is 12.4. The summed E-state index contributed by atoms with van der Waals surface area (Å²) < 4.78 is 37.0. The van der Waals surface area contributed by atoms with Gasteiger partial charge in [0.05, 0.1) is 6.54 Å². The smallest absolute Gasteiger partial charge is 0.311 e. The van der Waals surface area contributed by atoms with Crippen LogP contribution in [0.3, 0.4) is 0 Å². The van der Waals surface area contributed by atoms with Crippen LogP contribution in [0.1, 0.15) is 51.9 Å². The van der Waals surface area contributed by atoms with Crippen molar-refractivity contribution in [2.45, 2.75) is 70.1 Å². The maximum absolute atomic E-state index is 12.3. The topological polar surface area (TPSA) is 15.3 Å². The second-order valence-corrected chi connectivity index (χ2v) is 6.52. The maximum atomic E-state index is 12.3. The van der Waals surface area contributed by atoms with Crippen LogP contribution in [-0.2, 0) is 0 Å². The molecule has 0 spiro atoms. The van der Waals surface area contributed by atoms with Crippen LogP contribution in [0.5, 0.6) is 0 Å². The number of piperidine rings is 1.